The van der Waals surface area contributed by atoms with Gasteiger partial charge in [-0.3, -0.25) is 9.52 Å². The maximum Gasteiger partial charge on any atom is 0.261 e. The summed E-state index contributed by atoms with van der Waals surface area (Å²) in [4.78, 5) is 14.2. The van der Waals surface area contributed by atoms with Crippen LogP contribution in [0, 0.1) is 11.3 Å². The van der Waals surface area contributed by atoms with E-state index in [0.29, 0.717) is 17.8 Å². The number of carbonyl (C=O) groups is 1. The van der Waals surface area contributed by atoms with Crippen molar-refractivity contribution in [1.82, 2.24) is 10.2 Å². The van der Waals surface area contributed by atoms with Crippen LogP contribution in [-0.4, -0.2) is 46.4 Å². The SMILES string of the molecule is CN(C)CCCNC(=O)c1cccc(S(=O)(=O)Nc2ccc(C#N)cc2)c1. The second-order valence-electron chi connectivity index (χ2n) is 6.24. The van der Waals surface area contributed by atoms with Crippen LogP contribution in [0.15, 0.2) is 53.4 Å². The lowest BCUT2D eigenvalue weighted by atomic mass is 10.2. The zero-order valence-corrected chi connectivity index (χ0v) is 16.1. The first-order chi connectivity index (χ1) is 12.8. The second-order valence-corrected chi connectivity index (χ2v) is 7.92. The highest BCUT2D eigenvalue weighted by molar-refractivity contribution is 7.92. The number of rotatable bonds is 8. The van der Waals surface area contributed by atoms with Crippen LogP contribution in [0.5, 0.6) is 0 Å². The van der Waals surface area contributed by atoms with Gasteiger partial charge in [-0.1, -0.05) is 6.07 Å². The molecule has 0 aliphatic carbocycles. The van der Waals surface area contributed by atoms with E-state index < -0.39 is 10.0 Å². The average Bonchev–Trinajstić information content (AvgIpc) is 2.65. The van der Waals surface area contributed by atoms with Gasteiger partial charge in [-0.2, -0.15) is 5.26 Å². The van der Waals surface area contributed by atoms with Gasteiger partial charge in [0.15, 0.2) is 0 Å². The first-order valence-corrected chi connectivity index (χ1v) is 9.86. The van der Waals surface area contributed by atoms with E-state index in [1.807, 2.05) is 25.1 Å². The third kappa shape index (κ3) is 6.09. The number of nitrogens with zero attached hydrogens (tertiary/aromatic N) is 2. The van der Waals surface area contributed by atoms with E-state index in [-0.39, 0.29) is 16.4 Å². The topological polar surface area (TPSA) is 102 Å². The molecule has 2 aromatic rings. The number of benzene rings is 2. The minimum atomic E-state index is -3.84. The molecular weight excluding hydrogens is 364 g/mol. The lowest BCUT2D eigenvalue weighted by Gasteiger charge is -2.11. The summed E-state index contributed by atoms with van der Waals surface area (Å²) in [5.41, 5.74) is 1.06. The van der Waals surface area contributed by atoms with E-state index in [4.69, 9.17) is 5.26 Å². The predicted molar refractivity (Wildman–Crippen MR) is 104 cm³/mol. The molecule has 27 heavy (non-hydrogen) atoms. The van der Waals surface area contributed by atoms with Crippen LogP contribution in [0.25, 0.3) is 0 Å². The normalized spacial score (nSPS) is 11.0. The number of nitrogens with one attached hydrogen (secondary N) is 2. The van der Waals surface area contributed by atoms with Crippen molar-refractivity contribution in [2.75, 3.05) is 31.9 Å². The number of anilines is 1. The van der Waals surface area contributed by atoms with Crippen molar-refractivity contribution in [2.24, 2.45) is 0 Å². The molecule has 0 radical (unpaired) electrons. The van der Waals surface area contributed by atoms with Gasteiger partial charge in [0.25, 0.3) is 15.9 Å². The fraction of sp³-hybridized carbons (Fsp3) is 0.263. The molecular formula is C19H22N4O3S. The quantitative estimate of drug-likeness (QED) is 0.676. The Bertz CT molecular complexity index is 932. The molecule has 0 atom stereocenters. The molecule has 0 unspecified atom stereocenters. The molecule has 0 spiro atoms. The highest BCUT2D eigenvalue weighted by atomic mass is 32.2. The van der Waals surface area contributed by atoms with Gasteiger partial charge in [0.05, 0.1) is 16.5 Å². The number of carbonyl (C=O) groups excluding carboxylic acids is 1. The van der Waals surface area contributed by atoms with E-state index in [9.17, 15) is 13.2 Å². The number of hydrogen-bond acceptors (Lipinski definition) is 5. The van der Waals surface area contributed by atoms with E-state index >= 15 is 0 Å². The molecule has 0 heterocycles. The summed E-state index contributed by atoms with van der Waals surface area (Å²) in [5.74, 6) is -0.316. The molecule has 142 valence electrons. The maximum atomic E-state index is 12.6. The number of amides is 1. The van der Waals surface area contributed by atoms with Gasteiger partial charge in [-0.25, -0.2) is 8.42 Å². The van der Waals surface area contributed by atoms with Gasteiger partial charge in [-0.05, 0) is 69.5 Å². The van der Waals surface area contributed by atoms with Crippen LogP contribution in [0.1, 0.15) is 22.3 Å². The molecule has 0 aromatic heterocycles. The molecule has 0 saturated heterocycles. The van der Waals surface area contributed by atoms with Gasteiger partial charge >= 0.3 is 0 Å². The van der Waals surface area contributed by atoms with Crippen molar-refractivity contribution < 1.29 is 13.2 Å². The van der Waals surface area contributed by atoms with Crippen LogP contribution < -0.4 is 10.0 Å². The Morgan fingerprint density at radius 2 is 1.85 bits per heavy atom. The Morgan fingerprint density at radius 1 is 1.15 bits per heavy atom. The van der Waals surface area contributed by atoms with Crippen molar-refractivity contribution in [3.8, 4) is 6.07 Å². The van der Waals surface area contributed by atoms with Crippen molar-refractivity contribution in [3.63, 3.8) is 0 Å². The third-order valence-electron chi connectivity index (χ3n) is 3.74. The summed E-state index contributed by atoms with van der Waals surface area (Å²) in [6.07, 6.45) is 0.803. The zero-order chi connectivity index (χ0) is 19.9. The smallest absolute Gasteiger partial charge is 0.261 e. The molecule has 0 fully saturated rings. The van der Waals surface area contributed by atoms with Gasteiger partial charge < -0.3 is 10.2 Å². The Kier molecular flexibility index (Phi) is 6.93. The molecule has 2 rings (SSSR count). The van der Waals surface area contributed by atoms with Crippen LogP contribution in [-0.2, 0) is 10.0 Å². The van der Waals surface area contributed by atoms with Crippen LogP contribution in [0.4, 0.5) is 5.69 Å². The van der Waals surface area contributed by atoms with Crippen LogP contribution >= 0.6 is 0 Å². The summed E-state index contributed by atoms with van der Waals surface area (Å²) < 4.78 is 27.5. The summed E-state index contributed by atoms with van der Waals surface area (Å²) in [7, 11) is 0.0658. The van der Waals surface area contributed by atoms with Gasteiger partial charge in [-0.15, -0.1) is 0 Å². The minimum Gasteiger partial charge on any atom is -0.352 e. The predicted octanol–water partition coefficient (Wildman–Crippen LogP) is 2.04. The standard InChI is InChI=1S/C19H22N4O3S/c1-23(2)12-4-11-21-19(24)16-5-3-6-18(13-16)27(25,26)22-17-9-7-15(14-20)8-10-17/h3,5-10,13,22H,4,11-12H2,1-2H3,(H,21,24). The first-order valence-electron chi connectivity index (χ1n) is 8.38. The van der Waals surface area contributed by atoms with Gasteiger partial charge in [0, 0.05) is 17.8 Å². The first kappa shape index (κ1) is 20.4. The van der Waals surface area contributed by atoms with Crippen LogP contribution in [0.2, 0.25) is 0 Å². The van der Waals surface area contributed by atoms with Gasteiger partial charge in [0.1, 0.15) is 0 Å². The summed E-state index contributed by atoms with van der Waals surface area (Å²) in [6.45, 7) is 1.36. The largest absolute Gasteiger partial charge is 0.352 e. The number of hydrogen-bond donors (Lipinski definition) is 2. The molecule has 0 bridgehead atoms. The fourth-order valence-electron chi connectivity index (χ4n) is 2.33. The zero-order valence-electron chi connectivity index (χ0n) is 15.3. The monoisotopic (exact) mass is 386 g/mol. The van der Waals surface area contributed by atoms with Crippen LogP contribution in [0.3, 0.4) is 0 Å². The summed E-state index contributed by atoms with van der Waals surface area (Å²) in [5, 5.41) is 11.6. The number of nitriles is 1. The van der Waals surface area contributed by atoms with E-state index in [0.717, 1.165) is 13.0 Å². The van der Waals surface area contributed by atoms with Crippen molar-refractivity contribution >= 4 is 21.6 Å². The molecule has 8 heteroatoms. The second kappa shape index (κ2) is 9.16. The average molecular weight is 386 g/mol. The molecule has 0 aliphatic rings. The molecule has 0 aliphatic heterocycles. The van der Waals surface area contributed by atoms with E-state index in [1.54, 1.807) is 6.07 Å². The van der Waals surface area contributed by atoms with Gasteiger partial charge in [0.2, 0.25) is 0 Å². The summed E-state index contributed by atoms with van der Waals surface area (Å²) >= 11 is 0. The Labute approximate surface area is 159 Å². The minimum absolute atomic E-state index is 0.00667. The number of sulfonamides is 1. The molecule has 2 N–H and O–H groups in total. The highest BCUT2D eigenvalue weighted by Crippen LogP contribution is 2.17. The summed E-state index contributed by atoms with van der Waals surface area (Å²) in [6, 6.07) is 13.9. The van der Waals surface area contributed by atoms with E-state index in [2.05, 4.69) is 10.0 Å². The maximum absolute atomic E-state index is 12.6. The Balaban J connectivity index is 2.08. The molecule has 7 nitrogen and oxygen atoms in total. The Hall–Kier alpha value is -2.89. The lowest BCUT2D eigenvalue weighted by Crippen LogP contribution is -2.27. The lowest BCUT2D eigenvalue weighted by molar-refractivity contribution is 0.0952. The highest BCUT2D eigenvalue weighted by Gasteiger charge is 2.16. The molecule has 1 amide bonds. The van der Waals surface area contributed by atoms with Crippen molar-refractivity contribution in [1.29, 1.82) is 5.26 Å². The van der Waals surface area contributed by atoms with Crippen molar-refractivity contribution in [2.45, 2.75) is 11.3 Å². The molecule has 0 saturated carbocycles. The fourth-order valence-corrected chi connectivity index (χ4v) is 3.43. The van der Waals surface area contributed by atoms with Crippen molar-refractivity contribution in [3.05, 3.63) is 59.7 Å². The molecule has 2 aromatic carbocycles. The van der Waals surface area contributed by atoms with E-state index in [1.165, 1.54) is 42.5 Å². The third-order valence-corrected chi connectivity index (χ3v) is 5.12. The Morgan fingerprint density at radius 3 is 2.48 bits per heavy atom.